The van der Waals surface area contributed by atoms with Crippen LogP contribution in [-0.4, -0.2) is 22.1 Å². The molecule has 1 heterocycles. The normalized spacial score (nSPS) is 11.8. The Hall–Kier alpha value is -1.84. The third-order valence-corrected chi connectivity index (χ3v) is 1.94. The lowest BCUT2D eigenvalue weighted by Gasteiger charge is -2.13. The fourth-order valence-electron chi connectivity index (χ4n) is 1.24. The minimum Gasteiger partial charge on any atom is -0.478 e. The van der Waals surface area contributed by atoms with Gasteiger partial charge in [0, 0.05) is 12.2 Å². The maximum absolute atomic E-state index is 10.9. The molecular weight excluding hydrogens is 192 g/mol. The van der Waals surface area contributed by atoms with Gasteiger partial charge in [0.25, 0.3) is 0 Å². The minimum atomic E-state index is -0.976. The molecule has 0 aliphatic heterocycles. The number of nitrogens with zero attached hydrogens (tertiary/aromatic N) is 1. The van der Waals surface area contributed by atoms with Gasteiger partial charge in [-0.05, 0) is 25.5 Å². The summed E-state index contributed by atoms with van der Waals surface area (Å²) in [6.45, 7) is 5.57. The molecule has 0 saturated carbocycles. The van der Waals surface area contributed by atoms with Gasteiger partial charge < -0.3 is 10.4 Å². The number of carboxylic acid groups (broad SMARTS) is 1. The van der Waals surface area contributed by atoms with E-state index < -0.39 is 5.97 Å². The van der Waals surface area contributed by atoms with Crippen LogP contribution >= 0.6 is 0 Å². The molecule has 0 bridgehead atoms. The van der Waals surface area contributed by atoms with Crippen LogP contribution in [0.5, 0.6) is 0 Å². The van der Waals surface area contributed by atoms with Gasteiger partial charge in [0.1, 0.15) is 11.4 Å². The predicted molar refractivity (Wildman–Crippen MR) is 59.1 cm³/mol. The molecule has 0 spiro atoms. The first-order chi connectivity index (χ1) is 7.15. The highest BCUT2D eigenvalue weighted by molar-refractivity contribution is 5.93. The number of nitrogens with one attached hydrogen (secondary N) is 1. The van der Waals surface area contributed by atoms with Crippen molar-refractivity contribution in [1.82, 2.24) is 4.98 Å². The van der Waals surface area contributed by atoms with Crippen molar-refractivity contribution in [2.24, 2.45) is 0 Å². The van der Waals surface area contributed by atoms with E-state index in [1.54, 1.807) is 18.3 Å². The summed E-state index contributed by atoms with van der Waals surface area (Å²) < 4.78 is 0. The second-order valence-corrected chi connectivity index (χ2v) is 3.27. The second kappa shape index (κ2) is 5.14. The third-order valence-electron chi connectivity index (χ3n) is 1.94. The summed E-state index contributed by atoms with van der Waals surface area (Å²) in [6.07, 6.45) is 4.10. The van der Waals surface area contributed by atoms with Crippen LogP contribution in [0, 0.1) is 0 Å². The topological polar surface area (TPSA) is 62.2 Å². The fraction of sp³-hybridized carbons (Fsp3) is 0.273. The summed E-state index contributed by atoms with van der Waals surface area (Å²) in [4.78, 5) is 14.9. The molecule has 0 aliphatic carbocycles. The zero-order valence-corrected chi connectivity index (χ0v) is 8.60. The van der Waals surface area contributed by atoms with Crippen molar-refractivity contribution in [3.63, 3.8) is 0 Å². The number of carbonyl (C=O) groups is 1. The quantitative estimate of drug-likeness (QED) is 0.725. The van der Waals surface area contributed by atoms with Crippen molar-refractivity contribution in [3.05, 3.63) is 36.5 Å². The van der Waals surface area contributed by atoms with Crippen LogP contribution in [0.2, 0.25) is 0 Å². The maximum Gasteiger partial charge on any atom is 0.339 e. The summed E-state index contributed by atoms with van der Waals surface area (Å²) in [5.74, 6) is -0.573. The van der Waals surface area contributed by atoms with Crippen molar-refractivity contribution in [3.8, 4) is 0 Å². The van der Waals surface area contributed by atoms with Crippen LogP contribution in [0.25, 0.3) is 0 Å². The number of aromatic carboxylic acids is 1. The van der Waals surface area contributed by atoms with Crippen molar-refractivity contribution < 1.29 is 9.90 Å². The summed E-state index contributed by atoms with van der Waals surface area (Å²) in [5, 5.41) is 11.9. The highest BCUT2D eigenvalue weighted by Gasteiger charge is 2.11. The summed E-state index contributed by atoms with van der Waals surface area (Å²) in [6, 6.07) is 3.25. The largest absolute Gasteiger partial charge is 0.478 e. The Morgan fingerprint density at radius 2 is 2.53 bits per heavy atom. The molecule has 0 aliphatic rings. The molecular formula is C11H14N2O2. The van der Waals surface area contributed by atoms with Crippen LogP contribution in [0.15, 0.2) is 31.0 Å². The molecule has 80 valence electrons. The van der Waals surface area contributed by atoms with Crippen molar-refractivity contribution in [2.45, 2.75) is 19.4 Å². The molecule has 1 aromatic heterocycles. The van der Waals surface area contributed by atoms with Gasteiger partial charge in [0.15, 0.2) is 0 Å². The Labute approximate surface area is 88.7 Å². The van der Waals surface area contributed by atoms with E-state index in [1.807, 2.05) is 6.92 Å². The molecule has 0 amide bonds. The van der Waals surface area contributed by atoms with E-state index in [-0.39, 0.29) is 11.6 Å². The molecule has 0 saturated heterocycles. The average molecular weight is 206 g/mol. The van der Waals surface area contributed by atoms with E-state index in [4.69, 9.17) is 5.11 Å². The number of carboxylic acids is 1. The Bertz CT molecular complexity index is 363. The van der Waals surface area contributed by atoms with Gasteiger partial charge in [-0.2, -0.15) is 0 Å². The first kappa shape index (κ1) is 11.2. The highest BCUT2D eigenvalue weighted by Crippen LogP contribution is 2.13. The molecule has 2 N–H and O–H groups in total. The van der Waals surface area contributed by atoms with Gasteiger partial charge in [0.2, 0.25) is 0 Å². The van der Waals surface area contributed by atoms with Gasteiger partial charge in [-0.1, -0.05) is 6.08 Å². The van der Waals surface area contributed by atoms with E-state index in [0.29, 0.717) is 5.82 Å². The monoisotopic (exact) mass is 206 g/mol. The molecule has 1 rings (SSSR count). The molecule has 4 nitrogen and oxygen atoms in total. The predicted octanol–water partition coefficient (Wildman–Crippen LogP) is 2.16. The van der Waals surface area contributed by atoms with E-state index in [2.05, 4.69) is 16.9 Å². The van der Waals surface area contributed by atoms with E-state index in [9.17, 15) is 4.79 Å². The number of anilines is 1. The lowest BCUT2D eigenvalue weighted by atomic mass is 10.2. The smallest absolute Gasteiger partial charge is 0.339 e. The lowest BCUT2D eigenvalue weighted by molar-refractivity contribution is 0.0697. The number of aromatic nitrogens is 1. The van der Waals surface area contributed by atoms with Gasteiger partial charge in [0.05, 0.1) is 0 Å². The van der Waals surface area contributed by atoms with Gasteiger partial charge in [-0.15, -0.1) is 6.58 Å². The van der Waals surface area contributed by atoms with Crippen LogP contribution < -0.4 is 5.32 Å². The third kappa shape index (κ3) is 3.09. The highest BCUT2D eigenvalue weighted by atomic mass is 16.4. The van der Waals surface area contributed by atoms with Gasteiger partial charge in [-0.25, -0.2) is 9.78 Å². The summed E-state index contributed by atoms with van der Waals surface area (Å²) in [5.41, 5.74) is 0.188. The molecule has 15 heavy (non-hydrogen) atoms. The Kier molecular flexibility index (Phi) is 3.85. The van der Waals surface area contributed by atoms with Crippen molar-refractivity contribution in [2.75, 3.05) is 5.32 Å². The SMILES string of the molecule is C=CCC(C)Nc1ncccc1C(=O)O. The Morgan fingerprint density at radius 1 is 1.80 bits per heavy atom. The zero-order chi connectivity index (χ0) is 11.3. The van der Waals surface area contributed by atoms with Crippen molar-refractivity contribution in [1.29, 1.82) is 0 Å². The maximum atomic E-state index is 10.9. The zero-order valence-electron chi connectivity index (χ0n) is 8.60. The first-order valence-corrected chi connectivity index (χ1v) is 4.71. The first-order valence-electron chi connectivity index (χ1n) is 4.71. The number of hydrogen-bond acceptors (Lipinski definition) is 3. The second-order valence-electron chi connectivity index (χ2n) is 3.27. The van der Waals surface area contributed by atoms with Crippen LogP contribution in [0.4, 0.5) is 5.82 Å². The Balaban J connectivity index is 2.84. The Morgan fingerprint density at radius 3 is 3.13 bits per heavy atom. The average Bonchev–Trinajstić information content (AvgIpc) is 2.18. The summed E-state index contributed by atoms with van der Waals surface area (Å²) in [7, 11) is 0. The van der Waals surface area contributed by atoms with Crippen molar-refractivity contribution >= 4 is 11.8 Å². The van der Waals surface area contributed by atoms with E-state index in [0.717, 1.165) is 6.42 Å². The molecule has 0 aromatic carbocycles. The van der Waals surface area contributed by atoms with Gasteiger partial charge >= 0.3 is 5.97 Å². The van der Waals surface area contributed by atoms with E-state index >= 15 is 0 Å². The molecule has 1 unspecified atom stereocenters. The number of pyridine rings is 1. The van der Waals surface area contributed by atoms with Crippen LogP contribution in [0.3, 0.4) is 0 Å². The number of hydrogen-bond donors (Lipinski definition) is 2. The summed E-state index contributed by atoms with van der Waals surface area (Å²) >= 11 is 0. The molecule has 1 atom stereocenters. The number of rotatable bonds is 5. The standard InChI is InChI=1S/C11H14N2O2/c1-3-5-8(2)13-10-9(11(14)15)6-4-7-12-10/h3-4,6-8H,1,5H2,2H3,(H,12,13)(H,14,15). The molecule has 1 aromatic rings. The van der Waals surface area contributed by atoms with Crippen LogP contribution in [0.1, 0.15) is 23.7 Å². The molecule has 0 fully saturated rings. The molecule has 0 radical (unpaired) electrons. The lowest BCUT2D eigenvalue weighted by Crippen LogP contribution is -2.17. The van der Waals surface area contributed by atoms with E-state index in [1.165, 1.54) is 6.07 Å². The van der Waals surface area contributed by atoms with Crippen LogP contribution in [-0.2, 0) is 0 Å². The van der Waals surface area contributed by atoms with Gasteiger partial charge in [-0.3, -0.25) is 0 Å². The molecule has 4 heteroatoms. The fourth-order valence-corrected chi connectivity index (χ4v) is 1.24. The minimum absolute atomic E-state index is 0.121.